The van der Waals surface area contributed by atoms with Gasteiger partial charge in [0, 0.05) is 19.1 Å². The number of nitrogens with two attached hydrogens (primary N) is 1. The fourth-order valence-electron chi connectivity index (χ4n) is 3.30. The maximum absolute atomic E-state index is 12.7. The van der Waals surface area contributed by atoms with Crippen LogP contribution >= 0.6 is 0 Å². The molecule has 0 saturated heterocycles. The number of hydrogen-bond acceptors (Lipinski definition) is 2. The summed E-state index contributed by atoms with van der Waals surface area (Å²) in [6.07, 6.45) is 2.98. The van der Waals surface area contributed by atoms with Gasteiger partial charge in [0.05, 0.1) is 5.41 Å². The van der Waals surface area contributed by atoms with Crippen molar-refractivity contribution in [3.63, 3.8) is 0 Å². The van der Waals surface area contributed by atoms with Gasteiger partial charge in [-0.3, -0.25) is 4.79 Å². The van der Waals surface area contributed by atoms with E-state index >= 15 is 0 Å². The van der Waals surface area contributed by atoms with Crippen molar-refractivity contribution in [3.05, 3.63) is 35.4 Å². The Morgan fingerprint density at radius 2 is 1.94 bits per heavy atom. The van der Waals surface area contributed by atoms with Crippen LogP contribution in [-0.2, 0) is 17.9 Å². The maximum atomic E-state index is 12.7. The lowest BCUT2D eigenvalue weighted by atomic mass is 9.83. The highest BCUT2D eigenvalue weighted by atomic mass is 16.2. The second-order valence-corrected chi connectivity index (χ2v) is 5.85. The quantitative estimate of drug-likeness (QED) is 0.821. The van der Waals surface area contributed by atoms with Crippen LogP contribution in [0, 0.1) is 5.41 Å². The van der Waals surface area contributed by atoms with E-state index in [1.165, 1.54) is 11.1 Å². The fraction of sp³-hybridized carbons (Fsp3) is 0.533. The van der Waals surface area contributed by atoms with Crippen molar-refractivity contribution >= 4 is 5.91 Å². The number of carbonyl (C=O) groups is 1. The minimum Gasteiger partial charge on any atom is -0.333 e. The van der Waals surface area contributed by atoms with Crippen LogP contribution in [0.3, 0.4) is 0 Å². The first-order chi connectivity index (χ1) is 8.61. The molecule has 96 valence electrons. The molecule has 3 nitrogen and oxygen atoms in total. The summed E-state index contributed by atoms with van der Waals surface area (Å²) in [6, 6.07) is 8.32. The Kier molecular flexibility index (Phi) is 2.67. The van der Waals surface area contributed by atoms with Crippen LogP contribution in [0.1, 0.15) is 37.3 Å². The van der Waals surface area contributed by atoms with Crippen LogP contribution in [0.25, 0.3) is 0 Å². The minimum atomic E-state index is -0.345. The molecule has 2 unspecified atom stereocenters. The van der Waals surface area contributed by atoms with E-state index in [1.54, 1.807) is 0 Å². The van der Waals surface area contributed by atoms with Gasteiger partial charge in [0.25, 0.3) is 0 Å². The number of carbonyl (C=O) groups excluding carboxylic acids is 1. The molecule has 3 heteroatoms. The molecule has 0 aromatic heterocycles. The lowest BCUT2D eigenvalue weighted by Gasteiger charge is -2.32. The maximum Gasteiger partial charge on any atom is 0.230 e. The summed E-state index contributed by atoms with van der Waals surface area (Å²) in [5, 5.41) is 0. The monoisotopic (exact) mass is 244 g/mol. The van der Waals surface area contributed by atoms with E-state index in [0.717, 1.165) is 32.4 Å². The Balaban J connectivity index is 1.80. The Morgan fingerprint density at radius 1 is 1.33 bits per heavy atom. The molecule has 1 aromatic rings. The fourth-order valence-corrected chi connectivity index (χ4v) is 3.30. The molecule has 1 fully saturated rings. The van der Waals surface area contributed by atoms with Gasteiger partial charge in [0.15, 0.2) is 0 Å². The molecule has 0 radical (unpaired) electrons. The molecule has 1 aliphatic carbocycles. The molecule has 3 rings (SSSR count). The summed E-state index contributed by atoms with van der Waals surface area (Å²) in [4.78, 5) is 14.7. The van der Waals surface area contributed by atoms with Crippen molar-refractivity contribution < 1.29 is 4.79 Å². The van der Waals surface area contributed by atoms with Crippen molar-refractivity contribution in [3.8, 4) is 0 Å². The Labute approximate surface area is 108 Å². The van der Waals surface area contributed by atoms with Crippen LogP contribution in [-0.4, -0.2) is 16.8 Å². The number of rotatable bonds is 1. The smallest absolute Gasteiger partial charge is 0.230 e. The second-order valence-electron chi connectivity index (χ2n) is 5.85. The topological polar surface area (TPSA) is 46.3 Å². The first kappa shape index (κ1) is 11.7. The summed E-state index contributed by atoms with van der Waals surface area (Å²) in [7, 11) is 0. The van der Waals surface area contributed by atoms with Crippen molar-refractivity contribution in [2.24, 2.45) is 11.1 Å². The van der Waals surface area contributed by atoms with Gasteiger partial charge in [-0.2, -0.15) is 0 Å². The van der Waals surface area contributed by atoms with Gasteiger partial charge < -0.3 is 10.6 Å². The van der Waals surface area contributed by atoms with Gasteiger partial charge in [-0.25, -0.2) is 0 Å². The molecule has 1 saturated carbocycles. The van der Waals surface area contributed by atoms with Crippen molar-refractivity contribution in [1.29, 1.82) is 0 Å². The summed E-state index contributed by atoms with van der Waals surface area (Å²) in [5.74, 6) is 0.240. The zero-order chi connectivity index (χ0) is 12.8. The summed E-state index contributed by atoms with van der Waals surface area (Å²) < 4.78 is 0. The van der Waals surface area contributed by atoms with Crippen LogP contribution in [0.15, 0.2) is 24.3 Å². The highest BCUT2D eigenvalue weighted by molar-refractivity contribution is 5.84. The Bertz CT molecular complexity index is 460. The Morgan fingerprint density at radius 3 is 2.44 bits per heavy atom. The summed E-state index contributed by atoms with van der Waals surface area (Å²) in [5.41, 5.74) is 8.35. The van der Waals surface area contributed by atoms with Crippen molar-refractivity contribution in [1.82, 2.24) is 4.90 Å². The number of benzene rings is 1. The zero-order valence-corrected chi connectivity index (χ0v) is 10.9. The zero-order valence-electron chi connectivity index (χ0n) is 10.9. The van der Waals surface area contributed by atoms with E-state index in [9.17, 15) is 4.79 Å². The van der Waals surface area contributed by atoms with Crippen LogP contribution in [0.5, 0.6) is 0 Å². The molecule has 1 heterocycles. The van der Waals surface area contributed by atoms with Crippen LogP contribution < -0.4 is 5.73 Å². The predicted molar refractivity (Wildman–Crippen MR) is 70.6 cm³/mol. The normalized spacial score (nSPS) is 30.6. The van der Waals surface area contributed by atoms with Crippen LogP contribution in [0.2, 0.25) is 0 Å². The van der Waals surface area contributed by atoms with Gasteiger partial charge in [0.1, 0.15) is 0 Å². The Hall–Kier alpha value is -1.35. The molecule has 18 heavy (non-hydrogen) atoms. The molecule has 2 N–H and O–H groups in total. The second kappa shape index (κ2) is 4.09. The average Bonchev–Trinajstić information content (AvgIpc) is 2.94. The van der Waals surface area contributed by atoms with E-state index < -0.39 is 0 Å². The van der Waals surface area contributed by atoms with Gasteiger partial charge >= 0.3 is 0 Å². The van der Waals surface area contributed by atoms with E-state index in [-0.39, 0.29) is 17.4 Å². The largest absolute Gasteiger partial charge is 0.333 e. The van der Waals surface area contributed by atoms with Gasteiger partial charge in [0.2, 0.25) is 5.91 Å². The SMILES string of the molecule is CC1(C(=O)N2Cc3ccccc3C2)CCCC1N. The number of fused-ring (bicyclic) bond motifs is 1. The molecule has 1 aliphatic heterocycles. The van der Waals surface area contributed by atoms with Crippen LogP contribution in [0.4, 0.5) is 0 Å². The molecule has 1 aromatic carbocycles. The van der Waals surface area contributed by atoms with Crippen molar-refractivity contribution in [2.45, 2.75) is 45.3 Å². The highest BCUT2D eigenvalue weighted by Crippen LogP contribution is 2.40. The van der Waals surface area contributed by atoms with Gasteiger partial charge in [-0.15, -0.1) is 0 Å². The third kappa shape index (κ3) is 1.65. The van der Waals surface area contributed by atoms with Gasteiger partial charge in [-0.1, -0.05) is 30.7 Å². The minimum absolute atomic E-state index is 0.0220. The first-order valence-electron chi connectivity index (χ1n) is 6.73. The average molecular weight is 244 g/mol. The molecular weight excluding hydrogens is 224 g/mol. The molecule has 2 atom stereocenters. The molecular formula is C15H20N2O. The van der Waals surface area contributed by atoms with E-state index in [0.29, 0.717) is 0 Å². The standard InChI is InChI=1S/C15H20N2O/c1-15(8-4-7-13(15)16)14(18)17-9-11-5-2-3-6-12(11)10-17/h2-3,5-6,13H,4,7-10,16H2,1H3. The summed E-state index contributed by atoms with van der Waals surface area (Å²) in [6.45, 7) is 3.53. The highest BCUT2D eigenvalue weighted by Gasteiger charge is 2.45. The number of nitrogens with zero attached hydrogens (tertiary/aromatic N) is 1. The van der Waals surface area contributed by atoms with Gasteiger partial charge in [-0.05, 0) is 30.9 Å². The third-order valence-corrected chi connectivity index (χ3v) is 4.65. The van der Waals surface area contributed by atoms with E-state index in [2.05, 4.69) is 12.1 Å². The van der Waals surface area contributed by atoms with E-state index in [1.807, 2.05) is 24.0 Å². The lowest BCUT2D eigenvalue weighted by Crippen LogP contribution is -2.47. The van der Waals surface area contributed by atoms with Crippen molar-refractivity contribution in [2.75, 3.05) is 0 Å². The molecule has 1 amide bonds. The predicted octanol–water partition coefficient (Wildman–Crippen LogP) is 2.05. The number of hydrogen-bond donors (Lipinski definition) is 1. The molecule has 0 spiro atoms. The number of amides is 1. The summed E-state index contributed by atoms with van der Waals surface area (Å²) >= 11 is 0. The first-order valence-corrected chi connectivity index (χ1v) is 6.73. The molecule has 2 aliphatic rings. The third-order valence-electron chi connectivity index (χ3n) is 4.65. The molecule has 0 bridgehead atoms. The van der Waals surface area contributed by atoms with E-state index in [4.69, 9.17) is 5.73 Å². The lowest BCUT2D eigenvalue weighted by molar-refractivity contribution is -0.142.